The fourth-order valence-corrected chi connectivity index (χ4v) is 2.84. The van der Waals surface area contributed by atoms with Gasteiger partial charge < -0.3 is 10.6 Å². The summed E-state index contributed by atoms with van der Waals surface area (Å²) in [6, 6.07) is 16.8. The van der Waals surface area contributed by atoms with Crippen molar-refractivity contribution in [2.24, 2.45) is 5.92 Å². The monoisotopic (exact) mass is 357 g/mol. The molecule has 5 heteroatoms. The second-order valence-electron chi connectivity index (χ2n) is 6.59. The van der Waals surface area contributed by atoms with Crippen LogP contribution in [-0.4, -0.2) is 16.8 Å². The molecule has 134 valence electrons. The van der Waals surface area contributed by atoms with Crippen molar-refractivity contribution in [3.8, 4) is 0 Å². The Kier molecular flexibility index (Phi) is 4.66. The molecular formula is C22H19N3O2. The average molecular weight is 357 g/mol. The van der Waals surface area contributed by atoms with E-state index < -0.39 is 0 Å². The Labute approximate surface area is 157 Å². The van der Waals surface area contributed by atoms with Gasteiger partial charge in [-0.05, 0) is 49.2 Å². The summed E-state index contributed by atoms with van der Waals surface area (Å²) in [5.74, 6) is 0.00851. The molecule has 0 bridgehead atoms. The van der Waals surface area contributed by atoms with Crippen molar-refractivity contribution in [2.45, 2.75) is 12.8 Å². The predicted molar refractivity (Wildman–Crippen MR) is 107 cm³/mol. The third kappa shape index (κ3) is 4.20. The fourth-order valence-electron chi connectivity index (χ4n) is 2.84. The lowest BCUT2D eigenvalue weighted by Gasteiger charge is -2.06. The summed E-state index contributed by atoms with van der Waals surface area (Å²) in [5, 5.41) is 6.72. The van der Waals surface area contributed by atoms with Crippen LogP contribution in [0.25, 0.3) is 17.0 Å². The Morgan fingerprint density at radius 1 is 0.926 bits per heavy atom. The molecule has 1 aliphatic carbocycles. The first-order chi connectivity index (χ1) is 13.2. The van der Waals surface area contributed by atoms with Crippen LogP contribution in [0.4, 0.5) is 11.4 Å². The van der Waals surface area contributed by atoms with Gasteiger partial charge in [0.15, 0.2) is 0 Å². The summed E-state index contributed by atoms with van der Waals surface area (Å²) >= 11 is 0. The first-order valence-corrected chi connectivity index (χ1v) is 8.93. The number of aromatic nitrogens is 1. The molecule has 1 saturated carbocycles. The third-order valence-electron chi connectivity index (χ3n) is 4.45. The summed E-state index contributed by atoms with van der Waals surface area (Å²) in [6.07, 6.45) is 6.93. The highest BCUT2D eigenvalue weighted by atomic mass is 16.2. The lowest BCUT2D eigenvalue weighted by Crippen LogP contribution is -2.13. The van der Waals surface area contributed by atoms with Gasteiger partial charge in [0.05, 0.1) is 5.52 Å². The van der Waals surface area contributed by atoms with E-state index in [0.717, 1.165) is 35.0 Å². The third-order valence-corrected chi connectivity index (χ3v) is 4.45. The molecule has 1 aromatic heterocycles. The number of carbonyl (C=O) groups excluding carboxylic acids is 2. The molecule has 5 nitrogen and oxygen atoms in total. The Morgan fingerprint density at radius 2 is 1.63 bits per heavy atom. The number of hydrogen-bond donors (Lipinski definition) is 2. The zero-order chi connectivity index (χ0) is 18.6. The van der Waals surface area contributed by atoms with Gasteiger partial charge in [0.2, 0.25) is 11.8 Å². The standard InChI is InChI=1S/C22H19N3O2/c26-20(13-8-16-4-1-3-15-5-2-14-23-21(15)16)24-18-9-11-19(12-10-18)25-22(27)17-6-7-17/h1-5,8-14,17H,6-7H2,(H,24,26)(H,25,27)/b13-8+. The molecule has 0 unspecified atom stereocenters. The highest BCUT2D eigenvalue weighted by Gasteiger charge is 2.29. The molecule has 2 aromatic carbocycles. The summed E-state index contributed by atoms with van der Waals surface area (Å²) in [6.45, 7) is 0. The smallest absolute Gasteiger partial charge is 0.248 e. The van der Waals surface area contributed by atoms with Crippen molar-refractivity contribution in [2.75, 3.05) is 10.6 Å². The lowest BCUT2D eigenvalue weighted by atomic mass is 10.1. The molecular weight excluding hydrogens is 338 g/mol. The SMILES string of the molecule is O=C(/C=C/c1cccc2cccnc12)Nc1ccc(NC(=O)C2CC2)cc1. The second kappa shape index (κ2) is 7.41. The van der Waals surface area contributed by atoms with Gasteiger partial charge in [-0.25, -0.2) is 0 Å². The van der Waals surface area contributed by atoms with Crippen molar-refractivity contribution in [1.29, 1.82) is 0 Å². The van der Waals surface area contributed by atoms with Gasteiger partial charge in [-0.2, -0.15) is 0 Å². The maximum absolute atomic E-state index is 12.2. The fraction of sp³-hybridized carbons (Fsp3) is 0.136. The van der Waals surface area contributed by atoms with E-state index in [1.807, 2.05) is 30.3 Å². The van der Waals surface area contributed by atoms with E-state index in [0.29, 0.717) is 5.69 Å². The number of amides is 2. The zero-order valence-electron chi connectivity index (χ0n) is 14.7. The molecule has 0 atom stereocenters. The molecule has 2 N–H and O–H groups in total. The minimum Gasteiger partial charge on any atom is -0.326 e. The van der Waals surface area contributed by atoms with Crippen molar-refractivity contribution in [3.05, 3.63) is 72.4 Å². The minimum atomic E-state index is -0.224. The Morgan fingerprint density at radius 3 is 2.37 bits per heavy atom. The molecule has 0 aliphatic heterocycles. The molecule has 4 rings (SSSR count). The van der Waals surface area contributed by atoms with Crippen LogP contribution in [0.5, 0.6) is 0 Å². The van der Waals surface area contributed by atoms with Crippen LogP contribution in [0, 0.1) is 5.92 Å². The van der Waals surface area contributed by atoms with Crippen LogP contribution in [0.15, 0.2) is 66.9 Å². The van der Waals surface area contributed by atoms with Crippen LogP contribution in [-0.2, 0) is 9.59 Å². The van der Waals surface area contributed by atoms with Crippen LogP contribution < -0.4 is 10.6 Å². The summed E-state index contributed by atoms with van der Waals surface area (Å²) in [7, 11) is 0. The number of fused-ring (bicyclic) bond motifs is 1. The predicted octanol–water partition coefficient (Wildman–Crippen LogP) is 4.24. The van der Waals surface area contributed by atoms with E-state index in [9.17, 15) is 9.59 Å². The van der Waals surface area contributed by atoms with Crippen molar-refractivity contribution < 1.29 is 9.59 Å². The number of nitrogens with one attached hydrogen (secondary N) is 2. The van der Waals surface area contributed by atoms with E-state index in [4.69, 9.17) is 0 Å². The lowest BCUT2D eigenvalue weighted by molar-refractivity contribution is -0.117. The molecule has 2 amide bonds. The second-order valence-corrected chi connectivity index (χ2v) is 6.59. The van der Waals surface area contributed by atoms with Crippen molar-refractivity contribution >= 4 is 40.2 Å². The maximum Gasteiger partial charge on any atom is 0.248 e. The van der Waals surface area contributed by atoms with Gasteiger partial charge in [-0.3, -0.25) is 14.6 Å². The molecule has 1 heterocycles. The van der Waals surface area contributed by atoms with E-state index in [1.165, 1.54) is 6.08 Å². The topological polar surface area (TPSA) is 71.1 Å². The van der Waals surface area contributed by atoms with Gasteiger partial charge >= 0.3 is 0 Å². The van der Waals surface area contributed by atoms with E-state index in [1.54, 1.807) is 36.5 Å². The van der Waals surface area contributed by atoms with Crippen molar-refractivity contribution in [3.63, 3.8) is 0 Å². The number of rotatable bonds is 5. The van der Waals surface area contributed by atoms with Gasteiger partial charge in [0.25, 0.3) is 0 Å². The molecule has 27 heavy (non-hydrogen) atoms. The van der Waals surface area contributed by atoms with Crippen LogP contribution in [0.3, 0.4) is 0 Å². The highest BCUT2D eigenvalue weighted by molar-refractivity contribution is 6.03. The quantitative estimate of drug-likeness (QED) is 0.671. The number of anilines is 2. The first kappa shape index (κ1) is 17.0. The largest absolute Gasteiger partial charge is 0.326 e. The molecule has 3 aromatic rings. The summed E-state index contributed by atoms with van der Waals surface area (Å²) in [4.78, 5) is 28.3. The Balaban J connectivity index is 1.39. The van der Waals surface area contributed by atoms with Gasteiger partial charge in [0.1, 0.15) is 0 Å². The normalized spacial score (nSPS) is 13.6. The van der Waals surface area contributed by atoms with Gasteiger partial charge in [-0.15, -0.1) is 0 Å². The molecule has 0 radical (unpaired) electrons. The van der Waals surface area contributed by atoms with Crippen molar-refractivity contribution in [1.82, 2.24) is 4.98 Å². The van der Waals surface area contributed by atoms with Crippen LogP contribution in [0.2, 0.25) is 0 Å². The molecule has 0 saturated heterocycles. The van der Waals surface area contributed by atoms with Gasteiger partial charge in [0, 0.05) is 40.5 Å². The van der Waals surface area contributed by atoms with Crippen LogP contribution in [0.1, 0.15) is 18.4 Å². The Bertz CT molecular complexity index is 1020. The average Bonchev–Trinajstić information content (AvgIpc) is 3.53. The minimum absolute atomic E-state index is 0.0680. The number of pyridine rings is 1. The highest BCUT2D eigenvalue weighted by Crippen LogP contribution is 2.30. The maximum atomic E-state index is 12.2. The summed E-state index contributed by atoms with van der Waals surface area (Å²) < 4.78 is 0. The Hall–Kier alpha value is -3.47. The number of hydrogen-bond acceptors (Lipinski definition) is 3. The van der Waals surface area contributed by atoms with E-state index in [-0.39, 0.29) is 17.7 Å². The molecule has 1 fully saturated rings. The van der Waals surface area contributed by atoms with E-state index in [2.05, 4.69) is 15.6 Å². The van der Waals surface area contributed by atoms with Crippen LogP contribution >= 0.6 is 0 Å². The molecule has 1 aliphatic rings. The number of benzene rings is 2. The number of nitrogens with zero attached hydrogens (tertiary/aromatic N) is 1. The van der Waals surface area contributed by atoms with E-state index >= 15 is 0 Å². The number of carbonyl (C=O) groups is 2. The van der Waals surface area contributed by atoms with Gasteiger partial charge in [-0.1, -0.05) is 24.3 Å². The zero-order valence-corrected chi connectivity index (χ0v) is 14.7. The molecule has 0 spiro atoms. The number of para-hydroxylation sites is 1. The first-order valence-electron chi connectivity index (χ1n) is 8.93. The summed E-state index contributed by atoms with van der Waals surface area (Å²) in [5.41, 5.74) is 3.16.